The second-order valence-corrected chi connectivity index (χ2v) is 3.98. The van der Waals surface area contributed by atoms with E-state index in [9.17, 15) is 4.39 Å². The molecule has 0 spiro atoms. The van der Waals surface area contributed by atoms with E-state index in [1.165, 1.54) is 17.7 Å². The molecule has 0 aliphatic heterocycles. The lowest BCUT2D eigenvalue weighted by molar-refractivity contribution is 0.476. The van der Waals surface area contributed by atoms with Crippen molar-refractivity contribution in [1.29, 1.82) is 0 Å². The Bertz CT molecular complexity index is 496. The van der Waals surface area contributed by atoms with Crippen LogP contribution in [0.2, 0.25) is 0 Å². The van der Waals surface area contributed by atoms with Crippen LogP contribution >= 0.6 is 0 Å². The molecule has 0 heterocycles. The van der Waals surface area contributed by atoms with Gasteiger partial charge in [-0.15, -0.1) is 0 Å². The van der Waals surface area contributed by atoms with Gasteiger partial charge < -0.3 is 10.1 Å². The topological polar surface area (TPSA) is 21.3 Å². The molecule has 2 nitrogen and oxygen atoms in total. The smallest absolute Gasteiger partial charge is 0.130 e. The highest BCUT2D eigenvalue weighted by Crippen LogP contribution is 2.22. The van der Waals surface area contributed by atoms with Crippen LogP contribution in [-0.4, -0.2) is 6.54 Å². The maximum absolute atomic E-state index is 13.0. The van der Waals surface area contributed by atoms with Crippen molar-refractivity contribution < 1.29 is 9.13 Å². The summed E-state index contributed by atoms with van der Waals surface area (Å²) in [6, 6.07) is 13.9. The van der Waals surface area contributed by atoms with Crippen LogP contribution in [0.3, 0.4) is 0 Å². The molecule has 0 bridgehead atoms. The summed E-state index contributed by atoms with van der Waals surface area (Å²) in [7, 11) is 0. The average molecular weight is 245 g/mol. The van der Waals surface area contributed by atoms with Crippen LogP contribution in [0.1, 0.15) is 12.5 Å². The Morgan fingerprint density at radius 2 is 1.83 bits per heavy atom. The van der Waals surface area contributed by atoms with Crippen LogP contribution in [0.15, 0.2) is 48.5 Å². The van der Waals surface area contributed by atoms with Gasteiger partial charge in [-0.2, -0.15) is 0 Å². The van der Waals surface area contributed by atoms with Crippen molar-refractivity contribution in [2.24, 2.45) is 0 Å². The highest BCUT2D eigenvalue weighted by molar-refractivity contribution is 5.33. The second-order valence-electron chi connectivity index (χ2n) is 3.98. The lowest BCUT2D eigenvalue weighted by atomic mass is 10.2. The average Bonchev–Trinajstić information content (AvgIpc) is 2.38. The number of ether oxygens (including phenoxy) is 1. The maximum Gasteiger partial charge on any atom is 0.130 e. The zero-order valence-electron chi connectivity index (χ0n) is 10.3. The van der Waals surface area contributed by atoms with Gasteiger partial charge in [-0.25, -0.2) is 4.39 Å². The van der Waals surface area contributed by atoms with Gasteiger partial charge in [0.25, 0.3) is 0 Å². The monoisotopic (exact) mass is 245 g/mol. The molecule has 0 radical (unpaired) electrons. The summed E-state index contributed by atoms with van der Waals surface area (Å²) >= 11 is 0. The zero-order chi connectivity index (χ0) is 12.8. The Morgan fingerprint density at radius 3 is 2.50 bits per heavy atom. The minimum Gasteiger partial charge on any atom is -0.457 e. The third-order valence-electron chi connectivity index (χ3n) is 2.53. The molecule has 0 aliphatic carbocycles. The quantitative estimate of drug-likeness (QED) is 0.866. The van der Waals surface area contributed by atoms with Crippen LogP contribution in [0, 0.1) is 5.82 Å². The normalized spacial score (nSPS) is 10.3. The third kappa shape index (κ3) is 3.57. The second kappa shape index (κ2) is 6.17. The number of hydrogen-bond acceptors (Lipinski definition) is 2. The first-order valence-electron chi connectivity index (χ1n) is 6.01. The standard InChI is InChI=1S/C15H16FNO/c1-2-17-11-12-6-8-14(9-7-12)18-15-5-3-4-13(16)10-15/h3-10,17H,2,11H2,1H3. The van der Waals surface area contributed by atoms with Crippen LogP contribution in [-0.2, 0) is 6.54 Å². The van der Waals surface area contributed by atoms with E-state index in [0.29, 0.717) is 11.5 Å². The molecular formula is C15H16FNO. The van der Waals surface area contributed by atoms with Gasteiger partial charge in [0, 0.05) is 12.6 Å². The van der Waals surface area contributed by atoms with Gasteiger partial charge in [0.2, 0.25) is 0 Å². The molecule has 0 unspecified atom stereocenters. The molecule has 1 N–H and O–H groups in total. The number of nitrogens with one attached hydrogen (secondary N) is 1. The first-order chi connectivity index (χ1) is 8.78. The van der Waals surface area contributed by atoms with Gasteiger partial charge in [-0.1, -0.05) is 25.1 Å². The third-order valence-corrected chi connectivity index (χ3v) is 2.53. The predicted molar refractivity (Wildman–Crippen MR) is 70.3 cm³/mol. The highest BCUT2D eigenvalue weighted by atomic mass is 19.1. The fraction of sp³-hybridized carbons (Fsp3) is 0.200. The van der Waals surface area contributed by atoms with Crippen molar-refractivity contribution in [3.63, 3.8) is 0 Å². The van der Waals surface area contributed by atoms with Crippen molar-refractivity contribution in [3.05, 3.63) is 59.9 Å². The molecule has 18 heavy (non-hydrogen) atoms. The molecule has 0 fully saturated rings. The van der Waals surface area contributed by atoms with E-state index in [2.05, 4.69) is 12.2 Å². The summed E-state index contributed by atoms with van der Waals surface area (Å²) < 4.78 is 18.5. The maximum atomic E-state index is 13.0. The Morgan fingerprint density at radius 1 is 1.06 bits per heavy atom. The summed E-state index contributed by atoms with van der Waals surface area (Å²) in [5.74, 6) is 0.923. The molecule has 0 amide bonds. The molecule has 2 aromatic rings. The Labute approximate surface area is 106 Å². The first kappa shape index (κ1) is 12.6. The molecule has 2 rings (SSSR count). The SMILES string of the molecule is CCNCc1ccc(Oc2cccc(F)c2)cc1. The van der Waals surface area contributed by atoms with Gasteiger partial charge in [0.15, 0.2) is 0 Å². The van der Waals surface area contributed by atoms with Crippen molar-refractivity contribution in [2.75, 3.05) is 6.54 Å². The van der Waals surface area contributed by atoms with E-state index < -0.39 is 0 Å². The van der Waals surface area contributed by atoms with Crippen molar-refractivity contribution in [1.82, 2.24) is 5.32 Å². The van der Waals surface area contributed by atoms with Gasteiger partial charge in [0.1, 0.15) is 17.3 Å². The summed E-state index contributed by atoms with van der Waals surface area (Å²) in [6.45, 7) is 3.86. The zero-order valence-corrected chi connectivity index (χ0v) is 10.3. The van der Waals surface area contributed by atoms with Gasteiger partial charge >= 0.3 is 0 Å². The number of halogens is 1. The number of rotatable bonds is 5. The van der Waals surface area contributed by atoms with E-state index in [4.69, 9.17) is 4.74 Å². The summed E-state index contributed by atoms with van der Waals surface area (Å²) in [5, 5.41) is 3.25. The Kier molecular flexibility index (Phi) is 4.31. The first-order valence-corrected chi connectivity index (χ1v) is 6.01. The highest BCUT2D eigenvalue weighted by Gasteiger charge is 1.99. The molecule has 2 aromatic carbocycles. The number of hydrogen-bond donors (Lipinski definition) is 1. The Balaban J connectivity index is 2.02. The molecular weight excluding hydrogens is 229 g/mol. The van der Waals surface area contributed by atoms with Crippen molar-refractivity contribution in [3.8, 4) is 11.5 Å². The van der Waals surface area contributed by atoms with E-state index in [-0.39, 0.29) is 5.82 Å². The molecule has 0 aliphatic rings. The van der Waals surface area contributed by atoms with Crippen LogP contribution in [0.5, 0.6) is 11.5 Å². The summed E-state index contributed by atoms with van der Waals surface area (Å²) in [4.78, 5) is 0. The largest absolute Gasteiger partial charge is 0.457 e. The van der Waals surface area contributed by atoms with Crippen molar-refractivity contribution in [2.45, 2.75) is 13.5 Å². The molecule has 0 aromatic heterocycles. The molecule has 0 saturated heterocycles. The number of benzene rings is 2. The molecule has 94 valence electrons. The van der Waals surface area contributed by atoms with Gasteiger partial charge in [-0.3, -0.25) is 0 Å². The lowest BCUT2D eigenvalue weighted by Crippen LogP contribution is -2.11. The van der Waals surface area contributed by atoms with E-state index >= 15 is 0 Å². The van der Waals surface area contributed by atoms with Crippen molar-refractivity contribution >= 4 is 0 Å². The molecule has 0 atom stereocenters. The van der Waals surface area contributed by atoms with Crippen LogP contribution < -0.4 is 10.1 Å². The van der Waals surface area contributed by atoms with E-state index in [1.54, 1.807) is 12.1 Å². The minimum atomic E-state index is -0.295. The van der Waals surface area contributed by atoms with Gasteiger partial charge in [0.05, 0.1) is 0 Å². The predicted octanol–water partition coefficient (Wildman–Crippen LogP) is 3.73. The van der Waals surface area contributed by atoms with E-state index in [0.717, 1.165) is 13.1 Å². The van der Waals surface area contributed by atoms with Crippen LogP contribution in [0.25, 0.3) is 0 Å². The van der Waals surface area contributed by atoms with E-state index in [1.807, 2.05) is 24.3 Å². The molecule has 0 saturated carbocycles. The minimum absolute atomic E-state index is 0.295. The Hall–Kier alpha value is -1.87. The summed E-state index contributed by atoms with van der Waals surface area (Å²) in [6.07, 6.45) is 0. The lowest BCUT2D eigenvalue weighted by Gasteiger charge is -2.07. The summed E-state index contributed by atoms with van der Waals surface area (Å²) in [5.41, 5.74) is 1.20. The fourth-order valence-corrected chi connectivity index (χ4v) is 1.61. The fourth-order valence-electron chi connectivity index (χ4n) is 1.61. The molecule has 3 heteroatoms. The van der Waals surface area contributed by atoms with Crippen LogP contribution in [0.4, 0.5) is 4.39 Å². The van der Waals surface area contributed by atoms with Gasteiger partial charge in [-0.05, 0) is 36.4 Å².